The lowest BCUT2D eigenvalue weighted by atomic mass is 10.1. The molecule has 0 aliphatic carbocycles. The van der Waals surface area contributed by atoms with Crippen molar-refractivity contribution in [3.05, 3.63) is 82.2 Å². The van der Waals surface area contributed by atoms with Crippen LogP contribution in [0.3, 0.4) is 0 Å². The molecule has 0 bridgehead atoms. The summed E-state index contributed by atoms with van der Waals surface area (Å²) in [6.07, 6.45) is -4.40. The first-order valence-electron chi connectivity index (χ1n) is 9.98. The Morgan fingerprint density at radius 1 is 1.00 bits per heavy atom. The molecule has 0 radical (unpaired) electrons. The topological polar surface area (TPSA) is 34.4 Å². The Balaban J connectivity index is 2.06. The van der Waals surface area contributed by atoms with E-state index in [0.717, 1.165) is 40.0 Å². The van der Waals surface area contributed by atoms with Crippen LogP contribution in [-0.4, -0.2) is 16.1 Å². The van der Waals surface area contributed by atoms with Crippen molar-refractivity contribution in [2.45, 2.75) is 47.3 Å². The Hall–Kier alpha value is -3.15. The summed E-state index contributed by atoms with van der Waals surface area (Å²) in [6, 6.07) is 12.9. The minimum atomic E-state index is -4.40. The van der Waals surface area contributed by atoms with Gasteiger partial charge in [0.2, 0.25) is 0 Å². The Morgan fingerprint density at radius 3 is 2.29 bits per heavy atom. The highest BCUT2D eigenvalue weighted by Crippen LogP contribution is 2.30. The summed E-state index contributed by atoms with van der Waals surface area (Å²) >= 11 is 0. The third-order valence-electron chi connectivity index (χ3n) is 5.38. The highest BCUT2D eigenvalue weighted by molar-refractivity contribution is 6.08. The lowest BCUT2D eigenvalue weighted by Crippen LogP contribution is -2.08. The average molecular weight is 426 g/mol. The molecule has 0 N–H and O–H groups in total. The molecule has 0 saturated heterocycles. The molecule has 0 unspecified atom stereocenters. The van der Waals surface area contributed by atoms with E-state index in [1.54, 1.807) is 19.9 Å². The highest BCUT2D eigenvalue weighted by atomic mass is 19.4. The van der Waals surface area contributed by atoms with Crippen LogP contribution < -0.4 is 0 Å². The number of hydrogen-bond donors (Lipinski definition) is 0. The van der Waals surface area contributed by atoms with Crippen molar-refractivity contribution >= 4 is 22.4 Å². The molecule has 0 saturated carbocycles. The van der Waals surface area contributed by atoms with Gasteiger partial charge >= 0.3 is 6.18 Å². The number of carbonyl (C=O) groups excluding carboxylic acids is 1. The summed E-state index contributed by atoms with van der Waals surface area (Å²) in [7, 11) is 0. The van der Waals surface area contributed by atoms with E-state index in [1.807, 2.05) is 49.6 Å². The third-order valence-corrected chi connectivity index (χ3v) is 5.38. The van der Waals surface area contributed by atoms with Gasteiger partial charge in [0.05, 0.1) is 17.8 Å². The number of halogens is 3. The molecule has 31 heavy (non-hydrogen) atoms. The normalized spacial score (nSPS) is 12.3. The highest BCUT2D eigenvalue weighted by Gasteiger charge is 2.30. The van der Waals surface area contributed by atoms with Crippen LogP contribution >= 0.6 is 0 Å². The Bertz CT molecular complexity index is 1210. The Labute approximate surface area is 179 Å². The number of ketones is 1. The van der Waals surface area contributed by atoms with E-state index in [9.17, 15) is 18.0 Å². The van der Waals surface area contributed by atoms with Crippen molar-refractivity contribution in [1.29, 1.82) is 0 Å². The lowest BCUT2D eigenvalue weighted by molar-refractivity contribution is -0.137. The van der Waals surface area contributed by atoms with Crippen molar-refractivity contribution < 1.29 is 18.0 Å². The van der Waals surface area contributed by atoms with Crippen molar-refractivity contribution in [1.82, 2.24) is 4.57 Å². The second-order valence-corrected chi connectivity index (χ2v) is 7.84. The number of nitrogens with zero attached hydrogens (tertiary/aromatic N) is 2. The van der Waals surface area contributed by atoms with E-state index in [4.69, 9.17) is 0 Å². The first-order valence-corrected chi connectivity index (χ1v) is 9.98. The summed E-state index contributed by atoms with van der Waals surface area (Å²) < 4.78 is 41.3. The largest absolute Gasteiger partial charge is 0.416 e. The summed E-state index contributed by atoms with van der Waals surface area (Å²) in [5.74, 6) is -0.00477. The average Bonchev–Trinajstić information content (AvgIpc) is 2.98. The van der Waals surface area contributed by atoms with E-state index >= 15 is 0 Å². The van der Waals surface area contributed by atoms with E-state index in [-0.39, 0.29) is 5.78 Å². The van der Waals surface area contributed by atoms with Crippen molar-refractivity contribution in [2.24, 2.45) is 4.99 Å². The van der Waals surface area contributed by atoms with Crippen LogP contribution in [0.2, 0.25) is 0 Å². The minimum absolute atomic E-state index is 0.00477. The van der Waals surface area contributed by atoms with Gasteiger partial charge in [-0.25, -0.2) is 0 Å². The quantitative estimate of drug-likeness (QED) is 0.320. The summed E-state index contributed by atoms with van der Waals surface area (Å²) in [5.41, 5.74) is 4.38. The first kappa shape index (κ1) is 22.5. The van der Waals surface area contributed by atoms with Crippen molar-refractivity contribution in [3.63, 3.8) is 0 Å². The molecule has 3 nitrogen and oxygen atoms in total. The molecule has 0 atom stereocenters. The van der Waals surface area contributed by atoms with E-state index in [1.165, 1.54) is 6.07 Å². The van der Waals surface area contributed by atoms with Crippen LogP contribution in [0.25, 0.3) is 10.9 Å². The molecular formula is C25H25F3N2O. The SMILES string of the molecule is CC(=O)c1c(C)n(CC(N=C(C)c2cccc(C(F)(F)F)c2)=C(C)C)c2ccccc12. The van der Waals surface area contributed by atoms with Crippen LogP contribution in [0.15, 0.2) is 64.8 Å². The van der Waals surface area contributed by atoms with Gasteiger partial charge in [0.25, 0.3) is 0 Å². The molecule has 0 spiro atoms. The Morgan fingerprint density at radius 2 is 1.68 bits per heavy atom. The molecule has 0 aliphatic rings. The number of hydrogen-bond acceptors (Lipinski definition) is 2. The van der Waals surface area contributed by atoms with Gasteiger partial charge in [-0.2, -0.15) is 13.2 Å². The first-order chi connectivity index (χ1) is 14.5. The van der Waals surface area contributed by atoms with Crippen LogP contribution in [0.1, 0.15) is 54.9 Å². The van der Waals surface area contributed by atoms with Gasteiger partial charge in [0.15, 0.2) is 5.78 Å². The zero-order chi connectivity index (χ0) is 22.9. The molecular weight excluding hydrogens is 401 g/mol. The van der Waals surface area contributed by atoms with E-state index in [0.29, 0.717) is 23.4 Å². The predicted octanol–water partition coefficient (Wildman–Crippen LogP) is 6.97. The number of para-hydroxylation sites is 1. The number of fused-ring (bicyclic) bond motifs is 1. The molecule has 2 aromatic carbocycles. The fraction of sp³-hybridized carbons (Fsp3) is 0.280. The van der Waals surface area contributed by atoms with Gasteiger partial charge in [0, 0.05) is 27.9 Å². The minimum Gasteiger partial charge on any atom is -0.338 e. The van der Waals surface area contributed by atoms with Gasteiger partial charge < -0.3 is 4.57 Å². The van der Waals surface area contributed by atoms with Gasteiger partial charge in [-0.05, 0) is 58.4 Å². The second kappa shape index (κ2) is 8.53. The molecule has 1 heterocycles. The van der Waals surface area contributed by atoms with E-state index in [2.05, 4.69) is 4.99 Å². The fourth-order valence-corrected chi connectivity index (χ4v) is 3.72. The molecule has 162 valence electrons. The molecule has 0 amide bonds. The number of rotatable bonds is 5. The van der Waals surface area contributed by atoms with Crippen molar-refractivity contribution in [2.75, 3.05) is 0 Å². The zero-order valence-electron chi connectivity index (χ0n) is 18.3. The molecule has 0 fully saturated rings. The maximum atomic E-state index is 13.1. The molecule has 3 rings (SSSR count). The van der Waals surface area contributed by atoms with Crippen LogP contribution in [0.4, 0.5) is 13.2 Å². The third kappa shape index (κ3) is 4.63. The second-order valence-electron chi connectivity index (χ2n) is 7.84. The number of Topliss-reactive ketones (excluding diaryl/α,β-unsaturated/α-hetero) is 1. The number of aliphatic imine (C=N–C) groups is 1. The standard InChI is InChI=1S/C25H25F3N2O/c1-15(2)22(29-16(3)19-9-8-10-20(13-19)25(26,27)28)14-30-17(4)24(18(5)31)21-11-6-7-12-23(21)30/h6-13H,14H2,1-5H3. The number of aromatic nitrogens is 1. The molecule has 3 aromatic rings. The zero-order valence-corrected chi connectivity index (χ0v) is 18.3. The monoisotopic (exact) mass is 426 g/mol. The number of allylic oxidation sites excluding steroid dienone is 2. The fourth-order valence-electron chi connectivity index (χ4n) is 3.72. The van der Waals surface area contributed by atoms with Crippen molar-refractivity contribution in [3.8, 4) is 0 Å². The van der Waals surface area contributed by atoms with Gasteiger partial charge in [-0.3, -0.25) is 9.79 Å². The smallest absolute Gasteiger partial charge is 0.338 e. The number of alkyl halides is 3. The lowest BCUT2D eigenvalue weighted by Gasteiger charge is -2.13. The summed E-state index contributed by atoms with van der Waals surface area (Å²) in [6.45, 7) is 9.42. The van der Waals surface area contributed by atoms with Gasteiger partial charge in [0.1, 0.15) is 0 Å². The van der Waals surface area contributed by atoms with Crippen LogP contribution in [0, 0.1) is 6.92 Å². The number of carbonyl (C=O) groups is 1. The maximum Gasteiger partial charge on any atom is 0.416 e. The predicted molar refractivity (Wildman–Crippen MR) is 119 cm³/mol. The van der Waals surface area contributed by atoms with Gasteiger partial charge in [-0.15, -0.1) is 0 Å². The molecule has 6 heteroatoms. The van der Waals surface area contributed by atoms with Crippen LogP contribution in [0.5, 0.6) is 0 Å². The number of benzene rings is 2. The van der Waals surface area contributed by atoms with Gasteiger partial charge in [-0.1, -0.05) is 35.9 Å². The molecule has 0 aliphatic heterocycles. The maximum absolute atomic E-state index is 13.1. The summed E-state index contributed by atoms with van der Waals surface area (Å²) in [4.78, 5) is 16.9. The van der Waals surface area contributed by atoms with Crippen LogP contribution in [-0.2, 0) is 12.7 Å². The Kier molecular flexibility index (Phi) is 6.20. The van der Waals surface area contributed by atoms with E-state index < -0.39 is 11.7 Å². The molecule has 1 aromatic heterocycles. The summed E-state index contributed by atoms with van der Waals surface area (Å²) in [5, 5.41) is 0.888.